The van der Waals surface area contributed by atoms with Crippen molar-refractivity contribution in [3.05, 3.63) is 57.0 Å². The number of hydrogen-bond acceptors (Lipinski definition) is 4. The van der Waals surface area contributed by atoms with Crippen molar-refractivity contribution in [2.75, 3.05) is 11.9 Å². The van der Waals surface area contributed by atoms with Crippen LogP contribution in [0.2, 0.25) is 0 Å². The molecule has 1 aromatic carbocycles. The summed E-state index contributed by atoms with van der Waals surface area (Å²) in [4.78, 5) is 38.2. The minimum absolute atomic E-state index is 0.0278. The largest absolute Gasteiger partial charge is 0.350 e. The summed E-state index contributed by atoms with van der Waals surface area (Å²) < 4.78 is 0.640. The Morgan fingerprint density at radius 1 is 1.24 bits per heavy atom. The third-order valence-electron chi connectivity index (χ3n) is 3.47. The van der Waals surface area contributed by atoms with E-state index >= 15 is 0 Å². The van der Waals surface area contributed by atoms with E-state index in [0.29, 0.717) is 9.86 Å². The maximum absolute atomic E-state index is 12.2. The summed E-state index contributed by atoms with van der Waals surface area (Å²) in [5, 5.41) is 12.6. The number of rotatable bonds is 5. The van der Waals surface area contributed by atoms with E-state index in [2.05, 4.69) is 41.7 Å². The van der Waals surface area contributed by atoms with Gasteiger partial charge in [-0.05, 0) is 28.1 Å². The molecule has 0 aliphatic rings. The van der Waals surface area contributed by atoms with Gasteiger partial charge in [0.2, 0.25) is 5.91 Å². The lowest BCUT2D eigenvalue weighted by Crippen LogP contribution is -2.29. The van der Waals surface area contributed by atoms with Gasteiger partial charge in [-0.3, -0.25) is 19.5 Å². The van der Waals surface area contributed by atoms with E-state index < -0.39 is 5.56 Å². The van der Waals surface area contributed by atoms with Crippen molar-refractivity contribution in [2.24, 2.45) is 0 Å². The topological polar surface area (TPSA) is 120 Å². The lowest BCUT2D eigenvalue weighted by molar-refractivity contribution is -0.116. The molecular formula is C16H14BrN5O3. The summed E-state index contributed by atoms with van der Waals surface area (Å²) in [6.45, 7) is 0.123. The van der Waals surface area contributed by atoms with Gasteiger partial charge >= 0.3 is 0 Å². The lowest BCUT2D eigenvalue weighted by atomic mass is 10.2. The zero-order valence-corrected chi connectivity index (χ0v) is 14.5. The van der Waals surface area contributed by atoms with Crippen LogP contribution in [0.1, 0.15) is 16.9 Å². The van der Waals surface area contributed by atoms with E-state index in [1.807, 2.05) is 18.2 Å². The van der Waals surface area contributed by atoms with Gasteiger partial charge in [0.05, 0.1) is 5.52 Å². The molecule has 0 radical (unpaired) electrons. The number of carbonyl (C=O) groups excluding carboxylic acids is 2. The number of H-pyrrole nitrogens is 2. The summed E-state index contributed by atoms with van der Waals surface area (Å²) in [6.07, 6.45) is 1.51. The Morgan fingerprint density at radius 2 is 2.04 bits per heavy atom. The molecule has 0 saturated heterocycles. The maximum Gasteiger partial charge on any atom is 0.272 e. The molecule has 0 aliphatic heterocycles. The fraction of sp³-hybridized carbons (Fsp3) is 0.125. The first kappa shape index (κ1) is 16.9. The van der Waals surface area contributed by atoms with E-state index in [1.54, 1.807) is 6.07 Å². The number of carbonyl (C=O) groups is 2. The van der Waals surface area contributed by atoms with Crippen LogP contribution in [0.15, 0.2) is 45.8 Å². The molecule has 0 atom stereocenters. The Morgan fingerprint density at radius 3 is 2.88 bits per heavy atom. The van der Waals surface area contributed by atoms with Crippen LogP contribution >= 0.6 is 15.9 Å². The molecule has 3 aromatic rings. The quantitative estimate of drug-likeness (QED) is 0.518. The van der Waals surface area contributed by atoms with Crippen LogP contribution in [-0.4, -0.2) is 33.5 Å². The molecular weight excluding hydrogens is 390 g/mol. The average Bonchev–Trinajstić information content (AvgIpc) is 3.02. The second-order valence-corrected chi connectivity index (χ2v) is 6.15. The minimum Gasteiger partial charge on any atom is -0.350 e. The second-order valence-electron chi connectivity index (χ2n) is 5.23. The smallest absolute Gasteiger partial charge is 0.272 e. The highest BCUT2D eigenvalue weighted by Crippen LogP contribution is 2.14. The number of hydrogen-bond donors (Lipinski definition) is 4. The van der Waals surface area contributed by atoms with Gasteiger partial charge in [-0.25, -0.2) is 0 Å². The number of aromatic amines is 2. The first-order valence-corrected chi connectivity index (χ1v) is 8.23. The molecule has 0 unspecified atom stereocenters. The summed E-state index contributed by atoms with van der Waals surface area (Å²) in [5.74, 6) is -0.749. The zero-order chi connectivity index (χ0) is 17.8. The van der Waals surface area contributed by atoms with E-state index in [9.17, 15) is 14.4 Å². The normalized spacial score (nSPS) is 10.6. The van der Waals surface area contributed by atoms with Crippen LogP contribution in [0.5, 0.6) is 0 Å². The van der Waals surface area contributed by atoms with Crippen LogP contribution in [0.4, 0.5) is 5.69 Å². The number of nitrogens with zero attached hydrogens (tertiary/aromatic N) is 1. The molecule has 2 amide bonds. The number of anilines is 1. The number of benzene rings is 1. The van der Waals surface area contributed by atoms with Crippen molar-refractivity contribution in [3.63, 3.8) is 0 Å². The Bertz CT molecular complexity index is 995. The zero-order valence-electron chi connectivity index (χ0n) is 12.9. The first-order valence-electron chi connectivity index (χ1n) is 7.44. The van der Waals surface area contributed by atoms with Gasteiger partial charge in [-0.2, -0.15) is 5.10 Å². The van der Waals surface area contributed by atoms with Gasteiger partial charge in [-0.15, -0.1) is 0 Å². The van der Waals surface area contributed by atoms with Crippen molar-refractivity contribution in [1.82, 2.24) is 20.5 Å². The van der Waals surface area contributed by atoms with Crippen molar-refractivity contribution in [1.29, 1.82) is 0 Å². The Labute approximate surface area is 150 Å². The van der Waals surface area contributed by atoms with Crippen LogP contribution in [0.3, 0.4) is 0 Å². The molecule has 128 valence electrons. The summed E-state index contributed by atoms with van der Waals surface area (Å²) in [5.41, 5.74) is 0.784. The van der Waals surface area contributed by atoms with Crippen molar-refractivity contribution < 1.29 is 9.59 Å². The molecule has 0 saturated carbocycles. The summed E-state index contributed by atoms with van der Waals surface area (Å²) in [6, 6.07) is 8.78. The maximum atomic E-state index is 12.2. The van der Waals surface area contributed by atoms with E-state index in [1.165, 1.54) is 12.3 Å². The average molecular weight is 404 g/mol. The molecule has 0 bridgehead atoms. The van der Waals surface area contributed by atoms with Gasteiger partial charge in [0.25, 0.3) is 11.5 Å². The highest BCUT2D eigenvalue weighted by molar-refractivity contribution is 9.10. The number of para-hydroxylation sites is 1. The van der Waals surface area contributed by atoms with Crippen molar-refractivity contribution in [3.8, 4) is 0 Å². The van der Waals surface area contributed by atoms with Crippen LogP contribution < -0.4 is 16.2 Å². The van der Waals surface area contributed by atoms with Gasteiger partial charge in [0.15, 0.2) is 5.69 Å². The standard InChI is InChI=1S/C16H14BrN5O3/c17-9-7-12(15(24)19-8-9)20-13(23)5-6-18-16(25)14-10-3-1-2-4-11(10)21-22-14/h1-4,7-8H,5-6H2,(H,18,25)(H,19,24)(H,20,23)(H,21,22). The van der Waals surface area contributed by atoms with Crippen molar-refractivity contribution >= 4 is 44.3 Å². The molecule has 25 heavy (non-hydrogen) atoms. The van der Waals surface area contributed by atoms with Crippen molar-refractivity contribution in [2.45, 2.75) is 6.42 Å². The molecule has 0 aliphatic carbocycles. The number of amides is 2. The number of fused-ring (bicyclic) bond motifs is 1. The molecule has 0 fully saturated rings. The molecule has 2 aromatic heterocycles. The molecule has 4 N–H and O–H groups in total. The first-order chi connectivity index (χ1) is 12.0. The van der Waals surface area contributed by atoms with E-state index in [0.717, 1.165) is 5.52 Å². The Kier molecular flexibility index (Phi) is 4.94. The predicted molar refractivity (Wildman–Crippen MR) is 96.4 cm³/mol. The molecule has 3 rings (SSSR count). The third-order valence-corrected chi connectivity index (χ3v) is 3.92. The highest BCUT2D eigenvalue weighted by Gasteiger charge is 2.14. The van der Waals surface area contributed by atoms with E-state index in [-0.39, 0.29) is 36.2 Å². The SMILES string of the molecule is O=C(CCNC(=O)c1n[nH]c2ccccc12)Nc1cc(Br)c[nH]c1=O. The summed E-state index contributed by atoms with van der Waals surface area (Å²) >= 11 is 3.21. The molecule has 0 spiro atoms. The second kappa shape index (κ2) is 7.31. The van der Waals surface area contributed by atoms with Gasteiger partial charge < -0.3 is 15.6 Å². The lowest BCUT2D eigenvalue weighted by Gasteiger charge is -2.06. The van der Waals surface area contributed by atoms with Gasteiger partial charge in [0, 0.05) is 29.0 Å². The molecule has 9 heteroatoms. The van der Waals surface area contributed by atoms with Crippen LogP contribution in [0.25, 0.3) is 10.9 Å². The number of pyridine rings is 1. The number of nitrogens with one attached hydrogen (secondary N) is 4. The molecule has 8 nitrogen and oxygen atoms in total. The van der Waals surface area contributed by atoms with Crippen LogP contribution in [-0.2, 0) is 4.79 Å². The van der Waals surface area contributed by atoms with Gasteiger partial charge in [0.1, 0.15) is 5.69 Å². The Balaban J connectivity index is 1.55. The molecule has 2 heterocycles. The van der Waals surface area contributed by atoms with Gasteiger partial charge in [-0.1, -0.05) is 18.2 Å². The Hall–Kier alpha value is -2.94. The fourth-order valence-electron chi connectivity index (χ4n) is 2.27. The fourth-order valence-corrected chi connectivity index (χ4v) is 2.62. The monoisotopic (exact) mass is 403 g/mol. The minimum atomic E-state index is -0.399. The number of halogens is 1. The number of aromatic nitrogens is 3. The van der Waals surface area contributed by atoms with E-state index in [4.69, 9.17) is 0 Å². The third kappa shape index (κ3) is 3.94. The highest BCUT2D eigenvalue weighted by atomic mass is 79.9. The summed E-state index contributed by atoms with van der Waals surface area (Å²) in [7, 11) is 0. The predicted octanol–water partition coefficient (Wildman–Crippen LogP) is 1.77. The van der Waals surface area contributed by atoms with Crippen LogP contribution in [0, 0.1) is 0 Å².